The second-order valence-corrected chi connectivity index (χ2v) is 25.9. The number of benzene rings is 7. The molecule has 10 aromatic rings. The molecule has 25 nitrogen and oxygen atoms in total. The second-order valence-electron chi connectivity index (χ2n) is 25.9. The lowest BCUT2D eigenvalue weighted by molar-refractivity contribution is 0.0499. The van der Waals surface area contributed by atoms with Gasteiger partial charge in [-0.2, -0.15) is 0 Å². The van der Waals surface area contributed by atoms with Crippen molar-refractivity contribution in [2.75, 3.05) is 201 Å². The van der Waals surface area contributed by atoms with E-state index in [9.17, 15) is 0 Å². The van der Waals surface area contributed by atoms with Crippen LogP contribution in [0.5, 0.6) is 51.7 Å². The first-order valence-electron chi connectivity index (χ1n) is 37.6. The fourth-order valence-corrected chi connectivity index (χ4v) is 12.5. The first kappa shape index (κ1) is 81.4. The Morgan fingerprint density at radius 2 is 0.500 bits per heavy atom. The highest BCUT2D eigenvalue weighted by atomic mass is 16.6. The molecule has 112 heavy (non-hydrogen) atoms. The van der Waals surface area contributed by atoms with Crippen LogP contribution in [-0.2, 0) is 76.7 Å². The van der Waals surface area contributed by atoms with E-state index in [0.717, 1.165) is 66.0 Å². The smallest absolute Gasteiger partial charge is 0.162 e. The fourth-order valence-electron chi connectivity index (χ4n) is 12.5. The number of ether oxygens (including phenoxy) is 21. The molecule has 5 heterocycles. The number of rotatable bonds is 51. The predicted octanol–water partition coefficient (Wildman–Crippen LogP) is 14.3. The Hall–Kier alpha value is -10.1. The number of methoxy groups -OCH3 is 6. The summed E-state index contributed by atoms with van der Waals surface area (Å²) in [5, 5.41) is 3.19. The van der Waals surface area contributed by atoms with Crippen LogP contribution in [0.3, 0.4) is 0 Å². The number of hydrogen-bond acceptors (Lipinski definition) is 23. The Morgan fingerprint density at radius 1 is 0.223 bits per heavy atom. The molecule has 0 unspecified atom stereocenters. The Morgan fingerprint density at radius 3 is 0.821 bits per heavy atom. The van der Waals surface area contributed by atoms with Crippen molar-refractivity contribution in [3.05, 3.63) is 174 Å². The molecule has 3 aromatic heterocycles. The number of fused-ring (bicyclic) bond motifs is 20. The molecule has 25 heteroatoms. The van der Waals surface area contributed by atoms with Crippen molar-refractivity contribution in [2.24, 2.45) is 0 Å². The van der Waals surface area contributed by atoms with E-state index in [2.05, 4.69) is 22.1 Å². The minimum atomic E-state index is 0.178. The molecule has 2 aliphatic rings. The van der Waals surface area contributed by atoms with Gasteiger partial charge in [-0.1, -0.05) is 60.7 Å². The summed E-state index contributed by atoms with van der Waals surface area (Å²) in [4.78, 5) is 18.9. The maximum Gasteiger partial charge on any atom is 0.162 e. The molecule has 594 valence electrons. The minimum Gasteiger partial charge on any atom is -0.489 e. The number of nitrogens with zero attached hydrogens (tertiary/aromatic N) is 2. The fraction of sp³-hybridized carbons (Fsp3) is 0.379. The SMILES string of the molecule is COCCOCCOc1cc2c(cc1OCCOCCOC)-c1cc3[nH]c(cc4nc(cc5[nH]c(cc-2n1)c1cc(OCCOCCOC)c(OCCOCCOC)cc51)-c1ccc(OCc2cc(OCc5ccccc5)cc(OCc5ccccc5)c2)cc1-4)c1cc(OCCOCCOC)c(OCCOCCOC)cc31. The van der Waals surface area contributed by atoms with E-state index in [0.29, 0.717) is 223 Å². The van der Waals surface area contributed by atoms with Crippen molar-refractivity contribution in [3.63, 3.8) is 0 Å². The number of hydrogen-bond donors (Lipinski definition) is 2. The van der Waals surface area contributed by atoms with Gasteiger partial charge in [-0.15, -0.1) is 0 Å². The van der Waals surface area contributed by atoms with Crippen LogP contribution in [0, 0.1) is 0 Å². The van der Waals surface area contributed by atoms with Gasteiger partial charge in [0.1, 0.15) is 76.7 Å². The molecule has 2 N–H and O–H groups in total. The van der Waals surface area contributed by atoms with E-state index in [4.69, 9.17) is 109 Å². The van der Waals surface area contributed by atoms with Crippen LogP contribution in [0.15, 0.2) is 158 Å². The van der Waals surface area contributed by atoms with E-state index >= 15 is 0 Å². The summed E-state index contributed by atoms with van der Waals surface area (Å²) < 4.78 is 126. The van der Waals surface area contributed by atoms with Crippen molar-refractivity contribution < 1.29 is 99.5 Å². The third kappa shape index (κ3) is 23.0. The average Bonchev–Trinajstić information content (AvgIpc) is 1.59. The molecule has 0 fully saturated rings. The van der Waals surface area contributed by atoms with Crippen LogP contribution in [-0.4, -0.2) is 221 Å². The summed E-state index contributed by atoms with van der Waals surface area (Å²) in [5.41, 5.74) is 11.4. The lowest BCUT2D eigenvalue weighted by atomic mass is 10.0. The molecular weight excluding hydrogens is 1440 g/mol. The van der Waals surface area contributed by atoms with Gasteiger partial charge in [-0.3, -0.25) is 0 Å². The van der Waals surface area contributed by atoms with E-state index in [-0.39, 0.29) is 46.2 Å². The maximum absolute atomic E-state index is 6.85. The summed E-state index contributed by atoms with van der Waals surface area (Å²) in [6.45, 7) is 8.99. The van der Waals surface area contributed by atoms with Crippen molar-refractivity contribution in [3.8, 4) is 96.8 Å². The van der Waals surface area contributed by atoms with E-state index in [1.165, 1.54) is 0 Å². The number of nitrogens with one attached hydrogen (secondary N) is 2. The summed E-state index contributed by atoms with van der Waals surface area (Å²) >= 11 is 0. The third-order valence-corrected chi connectivity index (χ3v) is 18.0. The number of aromatic nitrogens is 4. The molecule has 0 saturated carbocycles. The normalized spacial score (nSPS) is 11.6. The van der Waals surface area contributed by atoms with Crippen molar-refractivity contribution in [1.29, 1.82) is 0 Å². The molecule has 0 atom stereocenters. The standard InChI is InChI=1S/C87H100N4O21/c1-92-19-25-98-31-37-104-82-47-68-69(48-83(82)105-38-32-99-26-20-93-2)78-55-80-72-51-86(108-41-35-102-29-23-96-5)87(109-42-36-103-30-24-97-6)52-73(72)81(91-80)56-79-71-50-85(107-40-34-101-28-22-95-4)84(106-39-33-100-27-21-94-3)49-70(71)77(90-79)54-75-67-46-63(17-18-66(67)74(88-75)53-76(68)89-78)110-59-62-43-64(111-57-60-13-9-7-10-14-60)45-65(44-62)112-58-61-15-11-8-12-16-61/h7-18,43-56,89-90H,19-42,57-59H2,1-6H3. The van der Waals surface area contributed by atoms with Crippen LogP contribution in [0.25, 0.3) is 88.6 Å². The topological polar surface area (TPSA) is 251 Å². The molecule has 8 bridgehead atoms. The van der Waals surface area contributed by atoms with Crippen LogP contribution in [0.4, 0.5) is 0 Å². The second kappa shape index (κ2) is 43.6. The Bertz CT molecular complexity index is 4710. The van der Waals surface area contributed by atoms with Gasteiger partial charge in [-0.05, 0) is 108 Å². The molecule has 7 aromatic carbocycles. The number of aromatic amines is 2. The lowest BCUT2D eigenvalue weighted by Gasteiger charge is -2.15. The van der Waals surface area contributed by atoms with Gasteiger partial charge in [0.2, 0.25) is 0 Å². The van der Waals surface area contributed by atoms with Crippen LogP contribution in [0.1, 0.15) is 16.7 Å². The van der Waals surface area contributed by atoms with Gasteiger partial charge in [-0.25, -0.2) is 9.97 Å². The summed E-state index contributed by atoms with van der Waals surface area (Å²) in [7, 11) is 9.83. The predicted molar refractivity (Wildman–Crippen MR) is 426 cm³/mol. The van der Waals surface area contributed by atoms with Gasteiger partial charge in [0.15, 0.2) is 34.5 Å². The molecule has 12 rings (SSSR count). The summed E-state index contributed by atoms with van der Waals surface area (Å²) in [5.74, 6) is 4.77. The third-order valence-electron chi connectivity index (χ3n) is 18.0. The van der Waals surface area contributed by atoms with Gasteiger partial charge in [0.05, 0.1) is 142 Å². The molecular formula is C87H100N4O21. The van der Waals surface area contributed by atoms with Crippen molar-refractivity contribution >= 4 is 43.6 Å². The van der Waals surface area contributed by atoms with Crippen LogP contribution >= 0.6 is 0 Å². The van der Waals surface area contributed by atoms with Gasteiger partial charge in [0.25, 0.3) is 0 Å². The minimum absolute atomic E-state index is 0.178. The van der Waals surface area contributed by atoms with Gasteiger partial charge >= 0.3 is 0 Å². The Balaban J connectivity index is 1.06. The van der Waals surface area contributed by atoms with Gasteiger partial charge < -0.3 is 109 Å². The zero-order valence-corrected chi connectivity index (χ0v) is 64.6. The zero-order valence-electron chi connectivity index (χ0n) is 64.6. The monoisotopic (exact) mass is 1540 g/mol. The van der Waals surface area contributed by atoms with E-state index in [1.54, 1.807) is 42.7 Å². The highest BCUT2D eigenvalue weighted by Crippen LogP contribution is 2.47. The zero-order chi connectivity index (χ0) is 77.3. The summed E-state index contributed by atoms with van der Waals surface area (Å²) in [6.07, 6.45) is 0. The molecule has 0 amide bonds. The van der Waals surface area contributed by atoms with Crippen molar-refractivity contribution in [2.45, 2.75) is 19.8 Å². The molecule has 0 spiro atoms. The summed E-state index contributed by atoms with van der Waals surface area (Å²) in [6, 6.07) is 52.2. The quantitative estimate of drug-likeness (QED) is 0.0336. The van der Waals surface area contributed by atoms with Crippen molar-refractivity contribution in [1.82, 2.24) is 19.9 Å². The van der Waals surface area contributed by atoms with E-state index < -0.39 is 0 Å². The highest BCUT2D eigenvalue weighted by Gasteiger charge is 2.26. The maximum atomic E-state index is 6.85. The molecule has 0 radical (unpaired) electrons. The largest absolute Gasteiger partial charge is 0.489 e. The lowest BCUT2D eigenvalue weighted by Crippen LogP contribution is -2.12. The first-order chi connectivity index (χ1) is 55.3. The van der Waals surface area contributed by atoms with Gasteiger partial charge in [0, 0.05) is 115 Å². The van der Waals surface area contributed by atoms with E-state index in [1.807, 2.05) is 146 Å². The Labute approximate surface area is 652 Å². The molecule has 0 saturated heterocycles. The molecule has 0 aliphatic carbocycles. The Kier molecular flexibility index (Phi) is 31.7. The number of H-pyrrole nitrogens is 2. The first-order valence-corrected chi connectivity index (χ1v) is 37.6. The molecule has 2 aliphatic heterocycles. The van der Waals surface area contributed by atoms with Crippen LogP contribution < -0.4 is 42.6 Å². The van der Waals surface area contributed by atoms with Crippen LogP contribution in [0.2, 0.25) is 0 Å². The average molecular weight is 1540 g/mol. The highest BCUT2D eigenvalue weighted by molar-refractivity contribution is 6.12.